The number of aromatic carboxylic acids is 1. The maximum absolute atomic E-state index is 12.3. The number of thioether (sulfide) groups is 1. The summed E-state index contributed by atoms with van der Waals surface area (Å²) in [6.07, 6.45) is 1.51. The average Bonchev–Trinajstić information content (AvgIpc) is 3.15. The van der Waals surface area contributed by atoms with Gasteiger partial charge in [0.1, 0.15) is 22.4 Å². The molecular formula is C18H13NO6S2. The number of thiocarbonyl (C=S) groups is 1. The fraction of sp³-hybridized carbons (Fsp3) is 0.111. The third-order valence-electron chi connectivity index (χ3n) is 3.81. The summed E-state index contributed by atoms with van der Waals surface area (Å²) in [5.74, 6) is -1.70. The second-order valence-corrected chi connectivity index (χ2v) is 7.37. The zero-order valence-corrected chi connectivity index (χ0v) is 15.6. The summed E-state index contributed by atoms with van der Waals surface area (Å²) in [6.45, 7) is 1.29. The molecule has 1 aromatic heterocycles. The van der Waals surface area contributed by atoms with Crippen LogP contribution in [0.15, 0.2) is 39.7 Å². The van der Waals surface area contributed by atoms with E-state index in [0.29, 0.717) is 11.5 Å². The maximum atomic E-state index is 12.3. The molecule has 2 heterocycles. The van der Waals surface area contributed by atoms with Crippen LogP contribution in [0.1, 0.15) is 21.7 Å². The SMILES string of the molecule is Cc1cc(C(=O)O)ccc1-c1ccc(/C=C2/SC(=S)N(CC(=O)O)C2=O)o1. The number of benzene rings is 1. The minimum absolute atomic E-state index is 0.181. The molecule has 0 aliphatic carbocycles. The first-order chi connectivity index (χ1) is 12.8. The second-order valence-electron chi connectivity index (χ2n) is 5.70. The van der Waals surface area contributed by atoms with Gasteiger partial charge >= 0.3 is 11.9 Å². The Hall–Kier alpha value is -2.91. The summed E-state index contributed by atoms with van der Waals surface area (Å²) in [6, 6.07) is 8.09. The Kier molecular flexibility index (Phi) is 5.15. The van der Waals surface area contributed by atoms with Gasteiger partial charge in [-0.25, -0.2) is 4.79 Å². The number of nitrogens with zero attached hydrogens (tertiary/aromatic N) is 1. The third-order valence-corrected chi connectivity index (χ3v) is 5.18. The molecular weight excluding hydrogens is 390 g/mol. The summed E-state index contributed by atoms with van der Waals surface area (Å²) in [4.78, 5) is 35.4. The molecule has 0 saturated carbocycles. The third kappa shape index (κ3) is 3.93. The molecule has 0 atom stereocenters. The molecule has 0 spiro atoms. The van der Waals surface area contributed by atoms with Crippen molar-refractivity contribution in [1.82, 2.24) is 4.90 Å². The topological polar surface area (TPSA) is 108 Å². The van der Waals surface area contributed by atoms with Crippen LogP contribution in [0.5, 0.6) is 0 Å². The van der Waals surface area contributed by atoms with Gasteiger partial charge in [-0.15, -0.1) is 0 Å². The fourth-order valence-electron chi connectivity index (χ4n) is 2.55. The number of furan rings is 1. The van der Waals surface area contributed by atoms with E-state index in [1.807, 2.05) is 0 Å². The Morgan fingerprint density at radius 1 is 1.26 bits per heavy atom. The molecule has 138 valence electrons. The van der Waals surface area contributed by atoms with Crippen molar-refractivity contribution in [3.63, 3.8) is 0 Å². The van der Waals surface area contributed by atoms with Gasteiger partial charge in [-0.1, -0.05) is 30.0 Å². The van der Waals surface area contributed by atoms with Gasteiger partial charge in [0.05, 0.1) is 10.5 Å². The highest BCUT2D eigenvalue weighted by atomic mass is 32.2. The quantitative estimate of drug-likeness (QED) is 0.579. The fourth-order valence-corrected chi connectivity index (χ4v) is 3.78. The van der Waals surface area contributed by atoms with Crippen LogP contribution >= 0.6 is 24.0 Å². The Morgan fingerprint density at radius 3 is 2.63 bits per heavy atom. The van der Waals surface area contributed by atoms with Gasteiger partial charge in [0, 0.05) is 11.6 Å². The van der Waals surface area contributed by atoms with Crippen molar-refractivity contribution < 1.29 is 29.0 Å². The molecule has 1 amide bonds. The molecule has 1 aliphatic rings. The number of carboxylic acid groups (broad SMARTS) is 2. The highest BCUT2D eigenvalue weighted by Gasteiger charge is 2.33. The van der Waals surface area contributed by atoms with Crippen LogP contribution in [0.2, 0.25) is 0 Å². The van der Waals surface area contributed by atoms with Gasteiger partial charge in [0.25, 0.3) is 5.91 Å². The van der Waals surface area contributed by atoms with Gasteiger partial charge in [0.2, 0.25) is 0 Å². The van der Waals surface area contributed by atoms with Gasteiger partial charge in [0.15, 0.2) is 0 Å². The lowest BCUT2D eigenvalue weighted by molar-refractivity contribution is -0.140. The molecule has 2 aromatic rings. The largest absolute Gasteiger partial charge is 0.480 e. The molecule has 1 aromatic carbocycles. The summed E-state index contributed by atoms with van der Waals surface area (Å²) < 4.78 is 5.93. The van der Waals surface area contributed by atoms with E-state index in [9.17, 15) is 14.4 Å². The van der Waals surface area contributed by atoms with Crippen molar-refractivity contribution in [2.24, 2.45) is 0 Å². The van der Waals surface area contributed by atoms with Crippen LogP contribution < -0.4 is 0 Å². The second kappa shape index (κ2) is 7.37. The molecule has 0 radical (unpaired) electrons. The zero-order chi connectivity index (χ0) is 19.7. The van der Waals surface area contributed by atoms with E-state index >= 15 is 0 Å². The lowest BCUT2D eigenvalue weighted by Crippen LogP contribution is -2.33. The lowest BCUT2D eigenvalue weighted by atomic mass is 10.0. The first-order valence-electron chi connectivity index (χ1n) is 7.67. The molecule has 27 heavy (non-hydrogen) atoms. The van der Waals surface area contributed by atoms with Crippen molar-refractivity contribution in [3.8, 4) is 11.3 Å². The van der Waals surface area contributed by atoms with Crippen molar-refractivity contribution in [1.29, 1.82) is 0 Å². The minimum atomic E-state index is -1.15. The summed E-state index contributed by atoms with van der Waals surface area (Å²) in [5.41, 5.74) is 1.66. The van der Waals surface area contributed by atoms with Crippen molar-refractivity contribution in [2.45, 2.75) is 6.92 Å². The van der Waals surface area contributed by atoms with E-state index in [1.54, 1.807) is 31.2 Å². The maximum Gasteiger partial charge on any atom is 0.335 e. The van der Waals surface area contributed by atoms with Gasteiger partial charge in [-0.2, -0.15) is 0 Å². The number of carboxylic acids is 2. The zero-order valence-electron chi connectivity index (χ0n) is 14.0. The van der Waals surface area contributed by atoms with Crippen LogP contribution in [0.3, 0.4) is 0 Å². The number of aryl methyl sites for hydroxylation is 1. The molecule has 3 rings (SSSR count). The van der Waals surface area contributed by atoms with Crippen LogP contribution in [0, 0.1) is 6.92 Å². The van der Waals surface area contributed by atoms with Crippen molar-refractivity contribution in [2.75, 3.05) is 6.54 Å². The Morgan fingerprint density at radius 2 is 2.00 bits per heavy atom. The Labute approximate surface area is 163 Å². The molecule has 0 unspecified atom stereocenters. The van der Waals surface area contributed by atoms with Crippen LogP contribution in [-0.2, 0) is 9.59 Å². The number of hydrogen-bond acceptors (Lipinski definition) is 6. The van der Waals surface area contributed by atoms with Crippen LogP contribution in [0.4, 0.5) is 0 Å². The van der Waals surface area contributed by atoms with E-state index in [4.69, 9.17) is 26.8 Å². The van der Waals surface area contributed by atoms with E-state index in [0.717, 1.165) is 27.8 Å². The smallest absolute Gasteiger partial charge is 0.335 e. The van der Waals surface area contributed by atoms with E-state index in [1.165, 1.54) is 12.1 Å². The number of aliphatic carboxylic acids is 1. The summed E-state index contributed by atoms with van der Waals surface area (Å²) in [5, 5.41) is 17.9. The predicted octanol–water partition coefficient (Wildman–Crippen LogP) is 3.24. The molecule has 1 aliphatic heterocycles. The number of amides is 1. The number of rotatable bonds is 5. The number of carbonyl (C=O) groups is 3. The van der Waals surface area contributed by atoms with E-state index in [2.05, 4.69) is 0 Å². The normalized spacial score (nSPS) is 15.6. The standard InChI is InChI=1S/C18H13NO6S2/c1-9-6-10(17(23)24)2-4-12(9)13-5-3-11(25-13)7-14-16(22)19(8-15(20)21)18(26)27-14/h2-7H,8H2,1H3,(H,20,21)(H,23,24)/b14-7+. The molecule has 1 fully saturated rings. The van der Waals surface area contributed by atoms with E-state index < -0.39 is 24.4 Å². The monoisotopic (exact) mass is 403 g/mol. The van der Waals surface area contributed by atoms with Crippen molar-refractivity contribution in [3.05, 3.63) is 52.1 Å². The predicted molar refractivity (Wildman–Crippen MR) is 103 cm³/mol. The highest BCUT2D eigenvalue weighted by Crippen LogP contribution is 2.34. The van der Waals surface area contributed by atoms with E-state index in [-0.39, 0.29) is 14.8 Å². The first-order valence-corrected chi connectivity index (χ1v) is 8.90. The van der Waals surface area contributed by atoms with Gasteiger partial charge < -0.3 is 14.6 Å². The van der Waals surface area contributed by atoms with Crippen LogP contribution in [0.25, 0.3) is 17.4 Å². The highest BCUT2D eigenvalue weighted by molar-refractivity contribution is 8.26. The first kappa shape index (κ1) is 18.9. The van der Waals surface area contributed by atoms with Gasteiger partial charge in [-0.3, -0.25) is 14.5 Å². The molecule has 2 N–H and O–H groups in total. The molecule has 9 heteroatoms. The van der Waals surface area contributed by atoms with Gasteiger partial charge in [-0.05, 0) is 36.8 Å². The average molecular weight is 403 g/mol. The Balaban J connectivity index is 1.86. The lowest BCUT2D eigenvalue weighted by Gasteiger charge is -2.09. The number of hydrogen-bond donors (Lipinski definition) is 2. The number of carbonyl (C=O) groups excluding carboxylic acids is 1. The summed E-state index contributed by atoms with van der Waals surface area (Å²) in [7, 11) is 0. The minimum Gasteiger partial charge on any atom is -0.480 e. The van der Waals surface area contributed by atoms with Crippen LogP contribution in [-0.4, -0.2) is 43.8 Å². The molecule has 7 nitrogen and oxygen atoms in total. The Bertz CT molecular complexity index is 1010. The van der Waals surface area contributed by atoms with Crippen molar-refractivity contribution >= 4 is 52.2 Å². The molecule has 1 saturated heterocycles. The summed E-state index contributed by atoms with van der Waals surface area (Å²) >= 11 is 6.06. The molecule has 0 bridgehead atoms.